The Hall–Kier alpha value is -2.62. The summed E-state index contributed by atoms with van der Waals surface area (Å²) in [6.45, 7) is 6.82. The molecule has 2 atom stereocenters. The SMILES string of the molecule is Cc1ccc(S[C@]2(C(=O)CCCCN3CCOCC3)CC(=O)N(Cc3ccc(Cl)cc3)[C@H]2c2c[nH]c3cc(Br)ccc23)cc1. The number of ketones is 1. The molecule has 3 heterocycles. The van der Waals surface area contributed by atoms with Crippen LogP contribution in [-0.2, 0) is 20.9 Å². The van der Waals surface area contributed by atoms with Crippen molar-refractivity contribution in [1.82, 2.24) is 14.8 Å². The zero-order valence-corrected chi connectivity index (χ0v) is 28.0. The van der Waals surface area contributed by atoms with E-state index in [2.05, 4.69) is 63.1 Å². The van der Waals surface area contributed by atoms with Gasteiger partial charge in [-0.2, -0.15) is 0 Å². The summed E-state index contributed by atoms with van der Waals surface area (Å²) in [6.07, 6.45) is 4.28. The summed E-state index contributed by atoms with van der Waals surface area (Å²) < 4.78 is 5.48. The zero-order valence-electron chi connectivity index (χ0n) is 24.9. The standard InChI is InChI=1S/C35H37BrClN3O3S/c1-24-5-12-28(13-6-24)44-35(32(41)4-2-3-15-39-16-18-43-19-17-39)21-33(42)40(23-25-7-10-27(37)11-8-25)34(35)30-22-38-31-20-26(36)9-14-29(30)31/h5-14,20,22,34,38H,2-4,15-19,21,23H2,1H3/t34-,35-/m0/s1. The number of likely N-dealkylation sites (tertiary alicyclic amines) is 1. The third-order valence-electron chi connectivity index (χ3n) is 8.75. The number of Topliss-reactive ketones (excluding diaryl/α,β-unsaturated/α-hetero) is 1. The average molecular weight is 695 g/mol. The summed E-state index contributed by atoms with van der Waals surface area (Å²) in [5, 5.41) is 1.67. The number of rotatable bonds is 11. The normalized spacial score (nSPS) is 20.9. The molecule has 1 N–H and O–H groups in total. The van der Waals surface area contributed by atoms with Crippen LogP contribution in [0.4, 0.5) is 0 Å². The molecule has 0 bridgehead atoms. The minimum absolute atomic E-state index is 0.0160. The summed E-state index contributed by atoms with van der Waals surface area (Å²) in [4.78, 5) is 37.6. The molecule has 230 valence electrons. The Morgan fingerprint density at radius 2 is 1.82 bits per heavy atom. The fraction of sp³-hybridized carbons (Fsp3) is 0.371. The Morgan fingerprint density at radius 1 is 1.07 bits per heavy atom. The van der Waals surface area contributed by atoms with E-state index in [1.807, 2.05) is 47.5 Å². The van der Waals surface area contributed by atoms with E-state index >= 15 is 0 Å². The van der Waals surface area contributed by atoms with Crippen LogP contribution in [0, 0.1) is 6.92 Å². The Kier molecular flexibility index (Phi) is 9.83. The van der Waals surface area contributed by atoms with E-state index in [1.165, 1.54) is 0 Å². The molecule has 9 heteroatoms. The van der Waals surface area contributed by atoms with Crippen LogP contribution in [0.3, 0.4) is 0 Å². The third kappa shape index (κ3) is 6.80. The number of nitrogens with one attached hydrogen (secondary N) is 1. The number of halogens is 2. The molecule has 0 spiro atoms. The number of carbonyl (C=O) groups is 2. The smallest absolute Gasteiger partial charge is 0.225 e. The maximum Gasteiger partial charge on any atom is 0.225 e. The second kappa shape index (κ2) is 13.8. The number of nitrogens with zero attached hydrogens (tertiary/aromatic N) is 2. The molecule has 4 aromatic rings. The minimum atomic E-state index is -0.986. The molecule has 44 heavy (non-hydrogen) atoms. The highest BCUT2D eigenvalue weighted by Gasteiger charge is 2.57. The molecular weight excluding hydrogens is 658 g/mol. The molecule has 2 aliphatic rings. The van der Waals surface area contributed by atoms with Gasteiger partial charge in [-0.15, -0.1) is 11.8 Å². The summed E-state index contributed by atoms with van der Waals surface area (Å²) in [5.74, 6) is 0.117. The number of aromatic amines is 1. The van der Waals surface area contributed by atoms with Crippen LogP contribution in [0.5, 0.6) is 0 Å². The first-order valence-electron chi connectivity index (χ1n) is 15.2. The van der Waals surface area contributed by atoms with Crippen molar-refractivity contribution in [1.29, 1.82) is 0 Å². The van der Waals surface area contributed by atoms with Gasteiger partial charge in [-0.05, 0) is 68.3 Å². The molecule has 3 aromatic carbocycles. The average Bonchev–Trinajstić information content (AvgIpc) is 3.55. The Morgan fingerprint density at radius 3 is 2.57 bits per heavy atom. The van der Waals surface area contributed by atoms with Gasteiger partial charge in [0.1, 0.15) is 4.75 Å². The van der Waals surface area contributed by atoms with E-state index in [0.29, 0.717) is 18.0 Å². The first-order chi connectivity index (χ1) is 21.3. The molecule has 2 aliphatic heterocycles. The van der Waals surface area contributed by atoms with Gasteiger partial charge >= 0.3 is 0 Å². The quantitative estimate of drug-likeness (QED) is 0.162. The van der Waals surface area contributed by atoms with Crippen LogP contribution in [-0.4, -0.2) is 64.1 Å². The molecule has 0 radical (unpaired) electrons. The van der Waals surface area contributed by atoms with Crippen LogP contribution in [0.15, 0.2) is 82.3 Å². The number of ether oxygens (including phenoxy) is 1. The lowest BCUT2D eigenvalue weighted by Gasteiger charge is -2.36. The van der Waals surface area contributed by atoms with E-state index < -0.39 is 10.8 Å². The molecule has 1 aromatic heterocycles. The second-order valence-corrected chi connectivity index (χ2v) is 14.6. The van der Waals surface area contributed by atoms with Crippen molar-refractivity contribution in [3.05, 3.63) is 99.1 Å². The summed E-state index contributed by atoms with van der Waals surface area (Å²) >= 11 is 11.3. The molecule has 0 unspecified atom stereocenters. The first-order valence-corrected chi connectivity index (χ1v) is 17.2. The van der Waals surface area contributed by atoms with Crippen LogP contribution >= 0.6 is 39.3 Å². The number of thioether (sulfide) groups is 1. The summed E-state index contributed by atoms with van der Waals surface area (Å²) in [7, 11) is 0. The number of hydrogen-bond acceptors (Lipinski definition) is 5. The number of H-pyrrole nitrogens is 1. The zero-order chi connectivity index (χ0) is 30.7. The lowest BCUT2D eigenvalue weighted by atomic mass is 9.86. The van der Waals surface area contributed by atoms with E-state index in [9.17, 15) is 9.59 Å². The fourth-order valence-electron chi connectivity index (χ4n) is 6.42. The Balaban J connectivity index is 1.39. The van der Waals surface area contributed by atoms with E-state index in [4.69, 9.17) is 16.3 Å². The topological polar surface area (TPSA) is 65.6 Å². The van der Waals surface area contributed by atoms with Gasteiger partial charge in [0.15, 0.2) is 5.78 Å². The van der Waals surface area contributed by atoms with Gasteiger partial charge in [-0.25, -0.2) is 0 Å². The highest BCUT2D eigenvalue weighted by atomic mass is 79.9. The van der Waals surface area contributed by atoms with Gasteiger partial charge in [-0.1, -0.05) is 63.4 Å². The van der Waals surface area contributed by atoms with Crippen LogP contribution in [0.2, 0.25) is 5.02 Å². The van der Waals surface area contributed by atoms with Crippen molar-refractivity contribution in [2.45, 2.75) is 54.8 Å². The van der Waals surface area contributed by atoms with Gasteiger partial charge in [0, 0.05) is 63.1 Å². The first kappa shape index (κ1) is 31.4. The summed E-state index contributed by atoms with van der Waals surface area (Å²) in [5.41, 5.74) is 4.06. The Bertz CT molecular complexity index is 1620. The van der Waals surface area contributed by atoms with Gasteiger partial charge in [-0.3, -0.25) is 14.5 Å². The maximum absolute atomic E-state index is 14.7. The van der Waals surface area contributed by atoms with Gasteiger partial charge in [0.25, 0.3) is 0 Å². The molecule has 2 saturated heterocycles. The van der Waals surface area contributed by atoms with E-state index in [1.54, 1.807) is 11.8 Å². The number of fused-ring (bicyclic) bond motifs is 1. The number of unbranched alkanes of at least 4 members (excludes halogenated alkanes) is 1. The van der Waals surface area contributed by atoms with Crippen molar-refractivity contribution in [3.8, 4) is 0 Å². The molecule has 1 amide bonds. The number of aromatic nitrogens is 1. The van der Waals surface area contributed by atoms with Crippen molar-refractivity contribution in [3.63, 3.8) is 0 Å². The van der Waals surface area contributed by atoms with Crippen molar-refractivity contribution >= 4 is 61.9 Å². The molecule has 6 rings (SSSR count). The summed E-state index contributed by atoms with van der Waals surface area (Å²) in [6, 6.07) is 21.6. The number of aryl methyl sites for hydroxylation is 1. The van der Waals surface area contributed by atoms with Crippen LogP contribution in [0.25, 0.3) is 10.9 Å². The van der Waals surface area contributed by atoms with Crippen molar-refractivity contribution < 1.29 is 14.3 Å². The monoisotopic (exact) mass is 693 g/mol. The molecule has 0 saturated carbocycles. The van der Waals surface area contributed by atoms with E-state index in [0.717, 1.165) is 82.7 Å². The highest BCUT2D eigenvalue weighted by molar-refractivity contribution is 9.10. The minimum Gasteiger partial charge on any atom is -0.379 e. The second-order valence-electron chi connectivity index (χ2n) is 11.8. The number of carbonyl (C=O) groups excluding carboxylic acids is 2. The fourth-order valence-corrected chi connectivity index (χ4v) is 8.38. The van der Waals surface area contributed by atoms with Gasteiger partial charge < -0.3 is 14.6 Å². The number of morpholine rings is 1. The van der Waals surface area contributed by atoms with Crippen molar-refractivity contribution in [2.24, 2.45) is 0 Å². The molecule has 2 fully saturated rings. The number of hydrogen-bond donors (Lipinski definition) is 1. The highest BCUT2D eigenvalue weighted by Crippen LogP contribution is 2.55. The maximum atomic E-state index is 14.7. The predicted octanol–water partition coefficient (Wildman–Crippen LogP) is 7.97. The van der Waals surface area contributed by atoms with Crippen LogP contribution < -0.4 is 0 Å². The molecule has 6 nitrogen and oxygen atoms in total. The van der Waals surface area contributed by atoms with Gasteiger partial charge in [0.05, 0.1) is 25.7 Å². The predicted molar refractivity (Wildman–Crippen MR) is 181 cm³/mol. The Labute approximate surface area is 276 Å². The number of benzene rings is 3. The molecule has 0 aliphatic carbocycles. The third-order valence-corrected chi connectivity index (χ3v) is 11.0. The van der Waals surface area contributed by atoms with Gasteiger partial charge in [0.2, 0.25) is 5.91 Å². The molecular formula is C35H37BrClN3O3S. The van der Waals surface area contributed by atoms with Crippen molar-refractivity contribution in [2.75, 3.05) is 32.8 Å². The lowest BCUT2D eigenvalue weighted by molar-refractivity contribution is -0.129. The largest absolute Gasteiger partial charge is 0.379 e. The van der Waals surface area contributed by atoms with Crippen LogP contribution in [0.1, 0.15) is 48.4 Å². The van der Waals surface area contributed by atoms with E-state index in [-0.39, 0.29) is 18.1 Å². The number of amides is 1. The lowest BCUT2D eigenvalue weighted by Crippen LogP contribution is -2.42.